The van der Waals surface area contributed by atoms with E-state index in [9.17, 15) is 13.2 Å². The van der Waals surface area contributed by atoms with Crippen LogP contribution in [-0.4, -0.2) is 32.3 Å². The Bertz CT molecular complexity index is 1230. The topological polar surface area (TPSA) is 98.5 Å². The van der Waals surface area contributed by atoms with Crippen molar-refractivity contribution >= 4 is 33.0 Å². The van der Waals surface area contributed by atoms with Gasteiger partial charge in [-0.05, 0) is 56.7 Å². The van der Waals surface area contributed by atoms with Gasteiger partial charge in [0.1, 0.15) is 10.6 Å². The highest BCUT2D eigenvalue weighted by atomic mass is 35.5. The Hall–Kier alpha value is -2.84. The Morgan fingerprint density at radius 3 is 2.55 bits per heavy atom. The van der Waals surface area contributed by atoms with E-state index in [1.165, 1.54) is 13.2 Å². The maximum atomic E-state index is 13.0. The first-order valence-corrected chi connectivity index (χ1v) is 11.6. The predicted octanol–water partition coefficient (Wildman–Crippen LogP) is 4.73. The summed E-state index contributed by atoms with van der Waals surface area (Å²) in [5.41, 5.74) is 3.49. The number of halogens is 1. The molecule has 0 atom stereocenters. The summed E-state index contributed by atoms with van der Waals surface area (Å²) in [5.74, 6) is -0.118. The molecule has 3 aromatic rings. The molecular weight excluding hydrogens is 440 g/mol. The summed E-state index contributed by atoms with van der Waals surface area (Å²) in [7, 11) is -2.42. The molecule has 3 rings (SSSR count). The highest BCUT2D eigenvalue weighted by Gasteiger charge is 2.23. The summed E-state index contributed by atoms with van der Waals surface area (Å²) < 4.78 is 36.7. The fourth-order valence-corrected chi connectivity index (χ4v) is 4.63. The van der Waals surface area contributed by atoms with Crippen LogP contribution in [0.1, 0.15) is 23.2 Å². The van der Waals surface area contributed by atoms with E-state index >= 15 is 0 Å². The summed E-state index contributed by atoms with van der Waals surface area (Å²) >= 11 is 5.97. The number of aromatic nitrogens is 1. The number of sulfone groups is 1. The molecule has 164 valence electrons. The Morgan fingerprint density at radius 2 is 1.90 bits per heavy atom. The van der Waals surface area contributed by atoms with Crippen molar-refractivity contribution in [1.82, 2.24) is 5.16 Å². The maximum absolute atomic E-state index is 13.0. The van der Waals surface area contributed by atoms with Gasteiger partial charge in [-0.2, -0.15) is 0 Å². The van der Waals surface area contributed by atoms with Crippen LogP contribution < -0.4 is 10.1 Å². The second-order valence-corrected chi connectivity index (χ2v) is 9.68. The van der Waals surface area contributed by atoms with Gasteiger partial charge in [0.2, 0.25) is 5.91 Å². The standard InChI is InChI=1S/C22H23ClN2O5S/c1-13-5-7-17(23)12-18(13)24-21(26)9-10-31(27,28)20-11-16(6-8-19(20)29-4)22-14(2)15(3)25-30-22/h5-8,11-12H,9-10H2,1-4H3,(H,24,26). The normalized spacial score (nSPS) is 11.4. The minimum absolute atomic E-state index is 0.00677. The van der Waals surface area contributed by atoms with E-state index in [1.807, 2.05) is 20.8 Å². The maximum Gasteiger partial charge on any atom is 0.225 e. The zero-order valence-corrected chi connectivity index (χ0v) is 19.2. The van der Waals surface area contributed by atoms with Crippen molar-refractivity contribution in [2.45, 2.75) is 32.1 Å². The summed E-state index contributed by atoms with van der Waals surface area (Å²) in [6, 6.07) is 9.87. The minimum atomic E-state index is -3.82. The number of ether oxygens (including phenoxy) is 1. The first-order chi connectivity index (χ1) is 14.6. The number of hydrogen-bond acceptors (Lipinski definition) is 6. The lowest BCUT2D eigenvalue weighted by molar-refractivity contribution is -0.115. The Labute approximate surface area is 186 Å². The van der Waals surface area contributed by atoms with Crippen LogP contribution in [0.2, 0.25) is 5.02 Å². The average molecular weight is 463 g/mol. The molecule has 0 aliphatic heterocycles. The van der Waals surface area contributed by atoms with E-state index < -0.39 is 15.7 Å². The molecule has 1 heterocycles. The van der Waals surface area contributed by atoms with E-state index in [0.29, 0.717) is 22.0 Å². The average Bonchev–Trinajstić information content (AvgIpc) is 3.07. The highest BCUT2D eigenvalue weighted by molar-refractivity contribution is 7.91. The van der Waals surface area contributed by atoms with Crippen molar-refractivity contribution < 1.29 is 22.5 Å². The lowest BCUT2D eigenvalue weighted by Crippen LogP contribution is -2.18. The first kappa shape index (κ1) is 22.8. The van der Waals surface area contributed by atoms with Gasteiger partial charge in [0.05, 0.1) is 18.6 Å². The van der Waals surface area contributed by atoms with E-state index in [1.54, 1.807) is 30.3 Å². The van der Waals surface area contributed by atoms with Crippen molar-refractivity contribution in [3.8, 4) is 17.1 Å². The second-order valence-electron chi connectivity index (χ2n) is 7.16. The zero-order chi connectivity index (χ0) is 22.8. The largest absolute Gasteiger partial charge is 0.495 e. The molecule has 7 nitrogen and oxygen atoms in total. The van der Waals surface area contributed by atoms with Crippen LogP contribution in [-0.2, 0) is 14.6 Å². The monoisotopic (exact) mass is 462 g/mol. The molecule has 0 radical (unpaired) electrons. The number of carbonyl (C=O) groups excluding carboxylic acids is 1. The number of amides is 1. The second kappa shape index (κ2) is 9.11. The van der Waals surface area contributed by atoms with Gasteiger partial charge in [0.25, 0.3) is 0 Å². The first-order valence-electron chi connectivity index (χ1n) is 9.52. The number of nitrogens with one attached hydrogen (secondary N) is 1. The molecule has 0 bridgehead atoms. The van der Waals surface area contributed by atoms with Gasteiger partial charge in [-0.25, -0.2) is 8.42 Å². The van der Waals surface area contributed by atoms with Crippen molar-refractivity contribution in [1.29, 1.82) is 0 Å². The van der Waals surface area contributed by atoms with Gasteiger partial charge >= 0.3 is 0 Å². The third kappa shape index (κ3) is 5.08. The van der Waals surface area contributed by atoms with E-state index in [-0.39, 0.29) is 22.8 Å². The fraction of sp³-hybridized carbons (Fsp3) is 0.273. The van der Waals surface area contributed by atoms with Crippen LogP contribution in [0.5, 0.6) is 5.75 Å². The molecule has 9 heteroatoms. The summed E-state index contributed by atoms with van der Waals surface area (Å²) in [4.78, 5) is 12.4. The summed E-state index contributed by atoms with van der Waals surface area (Å²) in [5, 5.41) is 7.11. The Kier molecular flexibility index (Phi) is 6.71. The van der Waals surface area contributed by atoms with E-state index in [4.69, 9.17) is 20.9 Å². The van der Waals surface area contributed by atoms with Crippen LogP contribution in [0.15, 0.2) is 45.8 Å². The van der Waals surface area contributed by atoms with E-state index in [2.05, 4.69) is 10.5 Å². The molecule has 0 saturated heterocycles. The molecule has 31 heavy (non-hydrogen) atoms. The van der Waals surface area contributed by atoms with Gasteiger partial charge in [-0.15, -0.1) is 0 Å². The third-order valence-corrected chi connectivity index (χ3v) is 6.96. The summed E-state index contributed by atoms with van der Waals surface area (Å²) in [6.45, 7) is 5.48. The smallest absolute Gasteiger partial charge is 0.225 e. The highest BCUT2D eigenvalue weighted by Crippen LogP contribution is 2.33. The molecule has 0 aliphatic carbocycles. The van der Waals surface area contributed by atoms with E-state index in [0.717, 1.165) is 16.8 Å². The van der Waals surface area contributed by atoms with Crippen LogP contribution in [0.3, 0.4) is 0 Å². The van der Waals surface area contributed by atoms with Gasteiger partial charge in [-0.3, -0.25) is 4.79 Å². The fourth-order valence-electron chi connectivity index (χ4n) is 3.02. The Balaban J connectivity index is 1.82. The van der Waals surface area contributed by atoms with Crippen molar-refractivity contribution in [2.75, 3.05) is 18.2 Å². The molecule has 1 aromatic heterocycles. The number of hydrogen-bond donors (Lipinski definition) is 1. The van der Waals surface area contributed by atoms with Gasteiger partial charge in [0.15, 0.2) is 15.6 Å². The lowest BCUT2D eigenvalue weighted by Gasteiger charge is -2.12. The number of carbonyl (C=O) groups is 1. The number of methoxy groups -OCH3 is 1. The molecule has 0 spiro atoms. The third-order valence-electron chi connectivity index (χ3n) is 4.99. The Morgan fingerprint density at radius 1 is 1.16 bits per heavy atom. The van der Waals surface area contributed by atoms with Gasteiger partial charge < -0.3 is 14.6 Å². The molecule has 2 aromatic carbocycles. The number of anilines is 1. The number of aryl methyl sites for hydroxylation is 2. The van der Waals surface area contributed by atoms with Crippen LogP contribution >= 0.6 is 11.6 Å². The predicted molar refractivity (Wildman–Crippen MR) is 119 cm³/mol. The lowest BCUT2D eigenvalue weighted by atomic mass is 10.1. The van der Waals surface area contributed by atoms with Gasteiger partial charge in [-0.1, -0.05) is 22.8 Å². The molecular formula is C22H23ClN2O5S. The molecule has 1 amide bonds. The molecule has 1 N–H and O–H groups in total. The zero-order valence-electron chi connectivity index (χ0n) is 17.7. The van der Waals surface area contributed by atoms with Crippen molar-refractivity contribution in [3.05, 3.63) is 58.2 Å². The van der Waals surface area contributed by atoms with Crippen molar-refractivity contribution in [3.63, 3.8) is 0 Å². The number of benzene rings is 2. The molecule has 0 saturated carbocycles. The summed E-state index contributed by atoms with van der Waals surface area (Å²) in [6.07, 6.45) is -0.220. The molecule has 0 unspecified atom stereocenters. The minimum Gasteiger partial charge on any atom is -0.495 e. The van der Waals surface area contributed by atoms with Crippen LogP contribution in [0.25, 0.3) is 11.3 Å². The molecule has 0 aliphatic rings. The van der Waals surface area contributed by atoms with Crippen LogP contribution in [0, 0.1) is 20.8 Å². The molecule has 0 fully saturated rings. The van der Waals surface area contributed by atoms with Crippen LogP contribution in [0.4, 0.5) is 5.69 Å². The van der Waals surface area contributed by atoms with Gasteiger partial charge in [0, 0.05) is 28.3 Å². The number of rotatable bonds is 7. The van der Waals surface area contributed by atoms with Crippen molar-refractivity contribution in [2.24, 2.45) is 0 Å². The SMILES string of the molecule is COc1ccc(-c2onc(C)c2C)cc1S(=O)(=O)CCC(=O)Nc1cc(Cl)ccc1C. The number of nitrogens with zero attached hydrogens (tertiary/aromatic N) is 1. The quantitative estimate of drug-likeness (QED) is 0.545.